The molecule has 8 nitrogen and oxygen atoms in total. The van der Waals surface area contributed by atoms with Crippen molar-refractivity contribution in [1.82, 2.24) is 14.5 Å². The molecule has 2 amide bonds. The molecule has 2 heterocycles. The number of piperidine rings is 1. The minimum Gasteiger partial charge on any atom is -0.372 e. The van der Waals surface area contributed by atoms with Crippen LogP contribution in [-0.4, -0.2) is 73.6 Å². The van der Waals surface area contributed by atoms with E-state index in [9.17, 15) is 18.0 Å². The van der Waals surface area contributed by atoms with Gasteiger partial charge in [0, 0.05) is 38.3 Å². The van der Waals surface area contributed by atoms with Crippen molar-refractivity contribution in [2.75, 3.05) is 31.9 Å². The van der Waals surface area contributed by atoms with Crippen LogP contribution in [0.3, 0.4) is 0 Å². The number of nitrogens with zero attached hydrogens (tertiary/aromatic N) is 2. The molecule has 1 N–H and O–H groups in total. The highest BCUT2D eigenvalue weighted by Crippen LogP contribution is 2.20. The summed E-state index contributed by atoms with van der Waals surface area (Å²) in [5, 5.41) is 2.92. The van der Waals surface area contributed by atoms with Crippen LogP contribution in [0.1, 0.15) is 56.0 Å². The highest BCUT2D eigenvalue weighted by molar-refractivity contribution is 7.89. The van der Waals surface area contributed by atoms with E-state index in [2.05, 4.69) is 5.32 Å². The van der Waals surface area contributed by atoms with Gasteiger partial charge < -0.3 is 15.0 Å². The lowest BCUT2D eigenvalue weighted by Gasteiger charge is -2.35. The van der Waals surface area contributed by atoms with E-state index in [0.717, 1.165) is 5.56 Å². The molecule has 1 aromatic rings. The maximum absolute atomic E-state index is 12.8. The molecule has 0 spiro atoms. The van der Waals surface area contributed by atoms with Gasteiger partial charge in [-0.1, -0.05) is 19.1 Å². The summed E-state index contributed by atoms with van der Waals surface area (Å²) >= 11 is 0. The fourth-order valence-electron chi connectivity index (χ4n) is 4.42. The van der Waals surface area contributed by atoms with Crippen LogP contribution in [0.2, 0.25) is 0 Å². The van der Waals surface area contributed by atoms with Crippen molar-refractivity contribution in [3.05, 3.63) is 35.4 Å². The summed E-state index contributed by atoms with van der Waals surface area (Å²) in [6.45, 7) is 8.00. The molecule has 0 aliphatic carbocycles. The Morgan fingerprint density at radius 3 is 2.38 bits per heavy atom. The van der Waals surface area contributed by atoms with Crippen molar-refractivity contribution in [2.24, 2.45) is 5.92 Å². The van der Waals surface area contributed by atoms with Crippen LogP contribution in [0, 0.1) is 5.92 Å². The van der Waals surface area contributed by atoms with Gasteiger partial charge in [-0.2, -0.15) is 0 Å². The molecular formula is C23H35N3O5S. The minimum absolute atomic E-state index is 0.0156. The Labute approximate surface area is 191 Å². The fraction of sp³-hybridized carbons (Fsp3) is 0.652. The van der Waals surface area contributed by atoms with Gasteiger partial charge in [-0.3, -0.25) is 9.59 Å². The van der Waals surface area contributed by atoms with E-state index in [-0.39, 0.29) is 42.2 Å². The smallest absolute Gasteiger partial charge is 0.254 e. The van der Waals surface area contributed by atoms with Gasteiger partial charge in [0.15, 0.2) is 0 Å². The summed E-state index contributed by atoms with van der Waals surface area (Å²) in [5.74, 6) is -0.355. The van der Waals surface area contributed by atoms with Crippen LogP contribution in [0.5, 0.6) is 0 Å². The van der Waals surface area contributed by atoms with Crippen LogP contribution >= 0.6 is 0 Å². The lowest BCUT2D eigenvalue weighted by atomic mass is 9.98. The topological polar surface area (TPSA) is 96.0 Å². The van der Waals surface area contributed by atoms with E-state index in [0.29, 0.717) is 51.0 Å². The maximum atomic E-state index is 12.8. The first kappa shape index (κ1) is 24.7. The largest absolute Gasteiger partial charge is 0.372 e. The first-order valence-corrected chi connectivity index (χ1v) is 13.1. The number of amides is 2. The molecule has 0 aromatic heterocycles. The SMILES string of the molecule is CCCS(=O)(=O)N1CCCC(C(=O)NCc2ccc(C(=O)N3CC(C)OC(C)C3)cc2)C1. The summed E-state index contributed by atoms with van der Waals surface area (Å²) in [7, 11) is -3.29. The summed E-state index contributed by atoms with van der Waals surface area (Å²) in [6.07, 6.45) is 1.98. The average molecular weight is 466 g/mol. The molecule has 2 aliphatic heterocycles. The lowest BCUT2D eigenvalue weighted by molar-refractivity contribution is -0.126. The Morgan fingerprint density at radius 1 is 1.09 bits per heavy atom. The van der Waals surface area contributed by atoms with Crippen molar-refractivity contribution in [3.8, 4) is 0 Å². The number of carbonyl (C=O) groups is 2. The van der Waals surface area contributed by atoms with Gasteiger partial charge in [-0.05, 0) is 50.8 Å². The van der Waals surface area contributed by atoms with Crippen LogP contribution in [0.15, 0.2) is 24.3 Å². The van der Waals surface area contributed by atoms with Crippen LogP contribution in [0.4, 0.5) is 0 Å². The third-order valence-electron chi connectivity index (χ3n) is 5.98. The quantitative estimate of drug-likeness (QED) is 0.665. The third-order valence-corrected chi connectivity index (χ3v) is 8.03. The second-order valence-corrected chi connectivity index (χ2v) is 11.0. The molecule has 3 rings (SSSR count). The second kappa shape index (κ2) is 10.8. The highest BCUT2D eigenvalue weighted by atomic mass is 32.2. The number of nitrogens with one attached hydrogen (secondary N) is 1. The van der Waals surface area contributed by atoms with Crippen LogP contribution < -0.4 is 5.32 Å². The number of morpholine rings is 1. The zero-order chi connectivity index (χ0) is 23.3. The Bertz CT molecular complexity index is 893. The number of hydrogen-bond donors (Lipinski definition) is 1. The van der Waals surface area contributed by atoms with Crippen molar-refractivity contribution >= 4 is 21.8 Å². The first-order valence-electron chi connectivity index (χ1n) is 11.5. The van der Waals surface area contributed by atoms with Crippen molar-refractivity contribution in [3.63, 3.8) is 0 Å². The predicted molar refractivity (Wildman–Crippen MR) is 123 cm³/mol. The number of ether oxygens (including phenoxy) is 1. The monoisotopic (exact) mass is 465 g/mol. The first-order chi connectivity index (χ1) is 15.2. The molecule has 9 heteroatoms. The zero-order valence-corrected chi connectivity index (χ0v) is 20.1. The molecule has 3 unspecified atom stereocenters. The Balaban J connectivity index is 1.52. The van der Waals surface area contributed by atoms with Crippen LogP contribution in [0.25, 0.3) is 0 Å². The Morgan fingerprint density at radius 2 is 1.75 bits per heavy atom. The number of hydrogen-bond acceptors (Lipinski definition) is 5. The molecule has 178 valence electrons. The molecule has 2 saturated heterocycles. The molecular weight excluding hydrogens is 430 g/mol. The van der Waals surface area contributed by atoms with Gasteiger partial charge in [0.1, 0.15) is 0 Å². The standard InChI is InChI=1S/C23H35N3O5S/c1-4-12-32(29,30)26-11-5-6-21(16-26)22(27)24-13-19-7-9-20(10-8-19)23(28)25-14-17(2)31-18(3)15-25/h7-10,17-18,21H,4-6,11-16H2,1-3H3,(H,24,27). The van der Waals surface area contributed by atoms with Gasteiger partial charge in [0.05, 0.1) is 23.9 Å². The van der Waals surface area contributed by atoms with E-state index >= 15 is 0 Å². The zero-order valence-electron chi connectivity index (χ0n) is 19.2. The van der Waals surface area contributed by atoms with E-state index in [1.807, 2.05) is 37.8 Å². The summed E-state index contributed by atoms with van der Waals surface area (Å²) in [4.78, 5) is 27.2. The van der Waals surface area contributed by atoms with Crippen molar-refractivity contribution in [1.29, 1.82) is 0 Å². The summed E-state index contributed by atoms with van der Waals surface area (Å²) in [5.41, 5.74) is 1.51. The number of rotatable bonds is 7. The normalized spacial score (nSPS) is 24.8. The molecule has 1 aromatic carbocycles. The van der Waals surface area contributed by atoms with E-state index < -0.39 is 10.0 Å². The predicted octanol–water partition coefficient (Wildman–Crippen LogP) is 2.00. The van der Waals surface area contributed by atoms with Crippen LogP contribution in [-0.2, 0) is 26.1 Å². The molecule has 3 atom stereocenters. The summed E-state index contributed by atoms with van der Waals surface area (Å²) < 4.78 is 31.8. The van der Waals surface area contributed by atoms with Gasteiger partial charge in [-0.25, -0.2) is 12.7 Å². The fourth-order valence-corrected chi connectivity index (χ4v) is 6.01. The summed E-state index contributed by atoms with van der Waals surface area (Å²) in [6, 6.07) is 7.27. The van der Waals surface area contributed by atoms with Crippen molar-refractivity contribution in [2.45, 2.75) is 58.8 Å². The number of sulfonamides is 1. The van der Waals surface area contributed by atoms with E-state index in [1.54, 1.807) is 12.1 Å². The maximum Gasteiger partial charge on any atom is 0.254 e. The lowest BCUT2D eigenvalue weighted by Crippen LogP contribution is -2.48. The number of benzene rings is 1. The number of carbonyl (C=O) groups excluding carboxylic acids is 2. The van der Waals surface area contributed by atoms with Gasteiger partial charge >= 0.3 is 0 Å². The highest BCUT2D eigenvalue weighted by Gasteiger charge is 2.31. The molecule has 0 saturated carbocycles. The molecule has 0 bridgehead atoms. The van der Waals surface area contributed by atoms with Gasteiger partial charge in [0.25, 0.3) is 5.91 Å². The van der Waals surface area contributed by atoms with E-state index in [4.69, 9.17) is 4.74 Å². The minimum atomic E-state index is -3.29. The third kappa shape index (κ3) is 6.30. The van der Waals surface area contributed by atoms with Crippen molar-refractivity contribution < 1.29 is 22.7 Å². The molecule has 2 fully saturated rings. The van der Waals surface area contributed by atoms with Gasteiger partial charge in [-0.15, -0.1) is 0 Å². The molecule has 2 aliphatic rings. The van der Waals surface area contributed by atoms with E-state index in [1.165, 1.54) is 4.31 Å². The Kier molecular flexibility index (Phi) is 8.30. The second-order valence-electron chi connectivity index (χ2n) is 8.90. The van der Waals surface area contributed by atoms with Gasteiger partial charge in [0.2, 0.25) is 15.9 Å². The molecule has 32 heavy (non-hydrogen) atoms. The average Bonchev–Trinajstić information content (AvgIpc) is 2.76. The Hall–Kier alpha value is -1.97. The molecule has 0 radical (unpaired) electrons.